The van der Waals surface area contributed by atoms with E-state index in [9.17, 15) is 0 Å². The predicted molar refractivity (Wildman–Crippen MR) is 81.1 cm³/mol. The highest BCUT2D eigenvalue weighted by atomic mass is 35.5. The lowest BCUT2D eigenvalue weighted by Crippen LogP contribution is -1.98. The molecule has 0 saturated heterocycles. The van der Waals surface area contributed by atoms with E-state index in [-0.39, 0.29) is 6.79 Å². The van der Waals surface area contributed by atoms with Crippen LogP contribution < -0.4 is 14.2 Å². The molecule has 1 aromatic heterocycles. The van der Waals surface area contributed by atoms with Crippen molar-refractivity contribution < 1.29 is 14.2 Å². The Morgan fingerprint density at radius 1 is 1.17 bits per heavy atom. The molecule has 0 bridgehead atoms. The summed E-state index contributed by atoms with van der Waals surface area (Å²) < 4.78 is 18.0. The zero-order valence-corrected chi connectivity index (χ0v) is 12.6. The fraction of sp³-hybridized carbons (Fsp3) is 0.133. The monoisotopic (exact) mass is 330 g/mol. The van der Waals surface area contributed by atoms with Crippen molar-refractivity contribution in [1.29, 1.82) is 0 Å². The van der Waals surface area contributed by atoms with E-state index in [4.69, 9.17) is 25.8 Å². The van der Waals surface area contributed by atoms with Gasteiger partial charge in [-0.05, 0) is 52.4 Å². The first kappa shape index (κ1) is 13.8. The summed E-state index contributed by atoms with van der Waals surface area (Å²) in [5, 5.41) is 11.5. The molecule has 7 nitrogen and oxygen atoms in total. The molecule has 1 aliphatic heterocycles. The molecule has 0 atom stereocenters. The van der Waals surface area contributed by atoms with Crippen molar-refractivity contribution in [2.45, 2.75) is 6.61 Å². The smallest absolute Gasteiger partial charge is 0.231 e. The lowest BCUT2D eigenvalue weighted by atomic mass is 10.2. The highest BCUT2D eigenvalue weighted by molar-refractivity contribution is 6.32. The van der Waals surface area contributed by atoms with Crippen LogP contribution in [0.15, 0.2) is 42.7 Å². The molecule has 1 aliphatic rings. The Labute approximate surface area is 136 Å². The highest BCUT2D eigenvalue weighted by Crippen LogP contribution is 2.39. The minimum atomic E-state index is 0.192. The van der Waals surface area contributed by atoms with Crippen molar-refractivity contribution in [3.8, 4) is 22.9 Å². The van der Waals surface area contributed by atoms with Crippen LogP contribution in [0.2, 0.25) is 5.02 Å². The molecule has 0 amide bonds. The van der Waals surface area contributed by atoms with Crippen LogP contribution in [0.3, 0.4) is 0 Å². The average Bonchev–Trinajstić information content (AvgIpc) is 3.25. The van der Waals surface area contributed by atoms with Crippen molar-refractivity contribution in [3.63, 3.8) is 0 Å². The molecule has 0 fully saturated rings. The van der Waals surface area contributed by atoms with E-state index >= 15 is 0 Å². The van der Waals surface area contributed by atoms with E-state index in [0.29, 0.717) is 23.1 Å². The van der Waals surface area contributed by atoms with E-state index in [2.05, 4.69) is 15.5 Å². The van der Waals surface area contributed by atoms with Crippen molar-refractivity contribution in [2.75, 3.05) is 6.79 Å². The molecular weight excluding hydrogens is 320 g/mol. The second kappa shape index (κ2) is 5.77. The van der Waals surface area contributed by atoms with Gasteiger partial charge in [-0.2, -0.15) is 0 Å². The second-order valence-corrected chi connectivity index (χ2v) is 5.26. The van der Waals surface area contributed by atoms with Crippen molar-refractivity contribution in [3.05, 3.63) is 53.3 Å². The molecule has 0 radical (unpaired) electrons. The normalized spacial score (nSPS) is 12.4. The number of ether oxygens (including phenoxy) is 3. The number of hydrogen-bond acceptors (Lipinski definition) is 6. The Balaban J connectivity index is 1.46. The van der Waals surface area contributed by atoms with Crippen LogP contribution in [-0.4, -0.2) is 27.0 Å². The summed E-state index contributed by atoms with van der Waals surface area (Å²) in [4.78, 5) is 0. The average molecular weight is 331 g/mol. The van der Waals surface area contributed by atoms with Crippen molar-refractivity contribution in [1.82, 2.24) is 20.2 Å². The molecule has 0 N–H and O–H groups in total. The maximum atomic E-state index is 6.15. The Hall–Kier alpha value is -2.80. The molecule has 0 unspecified atom stereocenters. The van der Waals surface area contributed by atoms with Gasteiger partial charge in [-0.25, -0.2) is 4.68 Å². The van der Waals surface area contributed by atoms with Crippen molar-refractivity contribution >= 4 is 11.6 Å². The molecule has 2 heterocycles. The maximum Gasteiger partial charge on any atom is 0.231 e. The van der Waals surface area contributed by atoms with Crippen LogP contribution >= 0.6 is 11.6 Å². The number of fused-ring (bicyclic) bond motifs is 1. The maximum absolute atomic E-state index is 6.15. The predicted octanol–water partition coefficient (Wildman–Crippen LogP) is 2.62. The molecule has 2 aromatic carbocycles. The van der Waals surface area contributed by atoms with Gasteiger partial charge in [-0.15, -0.1) is 5.10 Å². The standard InChI is InChI=1S/C15H11ClN4O3/c16-13-5-10(6-14-15(13)23-9-22-14)7-21-12-3-1-11(2-4-12)20-8-17-18-19-20/h1-6,8H,7,9H2. The number of benzene rings is 2. The largest absolute Gasteiger partial charge is 0.489 e. The summed E-state index contributed by atoms with van der Waals surface area (Å²) in [6.07, 6.45) is 1.53. The van der Waals surface area contributed by atoms with Crippen LogP contribution in [0.4, 0.5) is 0 Å². The molecule has 8 heteroatoms. The molecular formula is C15H11ClN4O3. The minimum Gasteiger partial charge on any atom is -0.489 e. The Bertz CT molecular complexity index is 821. The molecule has 4 rings (SSSR count). The zero-order chi connectivity index (χ0) is 15.6. The number of aromatic nitrogens is 4. The summed E-state index contributed by atoms with van der Waals surface area (Å²) in [5.74, 6) is 1.96. The van der Waals surface area contributed by atoms with Crippen molar-refractivity contribution in [2.24, 2.45) is 0 Å². The third-order valence-electron chi connectivity index (χ3n) is 3.34. The number of nitrogens with zero attached hydrogens (tertiary/aromatic N) is 4. The van der Waals surface area contributed by atoms with Gasteiger partial charge in [0.15, 0.2) is 11.5 Å². The topological polar surface area (TPSA) is 71.3 Å². The van der Waals surface area contributed by atoms with Gasteiger partial charge in [0.25, 0.3) is 0 Å². The summed E-state index contributed by atoms with van der Waals surface area (Å²) in [6.45, 7) is 0.568. The van der Waals surface area contributed by atoms with Gasteiger partial charge in [-0.3, -0.25) is 0 Å². The fourth-order valence-corrected chi connectivity index (χ4v) is 2.53. The number of hydrogen-bond donors (Lipinski definition) is 0. The van der Waals surface area contributed by atoms with E-state index in [0.717, 1.165) is 17.0 Å². The SMILES string of the molecule is Clc1cc(COc2ccc(-n3cnnn3)cc2)cc2c1OCO2. The van der Waals surface area contributed by atoms with E-state index in [1.165, 1.54) is 6.33 Å². The van der Waals surface area contributed by atoms with Gasteiger partial charge in [0.05, 0.1) is 10.7 Å². The van der Waals surface area contributed by atoms with Crippen LogP contribution in [0.25, 0.3) is 5.69 Å². The van der Waals surface area contributed by atoms with Crippen LogP contribution in [-0.2, 0) is 6.61 Å². The first-order valence-electron chi connectivity index (χ1n) is 6.84. The second-order valence-electron chi connectivity index (χ2n) is 4.85. The number of tetrazole rings is 1. The van der Waals surface area contributed by atoms with Gasteiger partial charge in [0.2, 0.25) is 6.79 Å². The summed E-state index contributed by atoms with van der Waals surface area (Å²) >= 11 is 6.15. The van der Waals surface area contributed by atoms with Gasteiger partial charge in [-0.1, -0.05) is 11.6 Å². The van der Waals surface area contributed by atoms with Gasteiger partial charge >= 0.3 is 0 Å². The summed E-state index contributed by atoms with van der Waals surface area (Å²) in [6, 6.07) is 11.1. The zero-order valence-electron chi connectivity index (χ0n) is 11.8. The fourth-order valence-electron chi connectivity index (χ4n) is 2.25. The van der Waals surface area contributed by atoms with Crippen LogP contribution in [0.5, 0.6) is 17.2 Å². The molecule has 0 aliphatic carbocycles. The molecule has 116 valence electrons. The number of rotatable bonds is 4. The Morgan fingerprint density at radius 2 is 2.04 bits per heavy atom. The van der Waals surface area contributed by atoms with E-state index in [1.807, 2.05) is 36.4 Å². The number of halogens is 1. The summed E-state index contributed by atoms with van der Waals surface area (Å²) in [7, 11) is 0. The summed E-state index contributed by atoms with van der Waals surface area (Å²) in [5.41, 5.74) is 1.76. The Morgan fingerprint density at radius 3 is 2.83 bits per heavy atom. The van der Waals surface area contributed by atoms with E-state index < -0.39 is 0 Å². The molecule has 23 heavy (non-hydrogen) atoms. The lowest BCUT2D eigenvalue weighted by molar-refractivity contribution is 0.174. The van der Waals surface area contributed by atoms with E-state index in [1.54, 1.807) is 4.68 Å². The minimum absolute atomic E-state index is 0.192. The van der Waals surface area contributed by atoms with Gasteiger partial charge < -0.3 is 14.2 Å². The first-order chi connectivity index (χ1) is 11.3. The highest BCUT2D eigenvalue weighted by Gasteiger charge is 2.18. The van der Waals surface area contributed by atoms with Crippen LogP contribution in [0.1, 0.15) is 5.56 Å². The quantitative estimate of drug-likeness (QED) is 0.732. The third kappa shape index (κ3) is 2.78. The van der Waals surface area contributed by atoms with Gasteiger partial charge in [0.1, 0.15) is 18.7 Å². The molecule has 3 aromatic rings. The third-order valence-corrected chi connectivity index (χ3v) is 3.62. The molecule has 0 spiro atoms. The van der Waals surface area contributed by atoms with Crippen LogP contribution in [0, 0.1) is 0 Å². The van der Waals surface area contributed by atoms with Gasteiger partial charge in [0, 0.05) is 0 Å². The molecule has 0 saturated carbocycles. The first-order valence-corrected chi connectivity index (χ1v) is 7.21. The Kier molecular flexibility index (Phi) is 3.47. The lowest BCUT2D eigenvalue weighted by Gasteiger charge is -2.08.